The van der Waals surface area contributed by atoms with E-state index < -0.39 is 0 Å². The van der Waals surface area contributed by atoms with Crippen LogP contribution in [0.5, 0.6) is 17.4 Å². The van der Waals surface area contributed by atoms with E-state index in [1.165, 1.54) is 0 Å². The zero-order chi connectivity index (χ0) is 19.6. The van der Waals surface area contributed by atoms with E-state index in [1.807, 2.05) is 19.1 Å². The molecule has 2 aromatic heterocycles. The van der Waals surface area contributed by atoms with Gasteiger partial charge in [0.1, 0.15) is 23.8 Å². The van der Waals surface area contributed by atoms with Crippen molar-refractivity contribution in [2.75, 3.05) is 26.4 Å². The Morgan fingerprint density at radius 2 is 1.89 bits per heavy atom. The van der Waals surface area contributed by atoms with E-state index in [2.05, 4.69) is 15.5 Å². The van der Waals surface area contributed by atoms with Gasteiger partial charge in [-0.3, -0.25) is 4.79 Å². The fourth-order valence-corrected chi connectivity index (χ4v) is 2.32. The van der Waals surface area contributed by atoms with E-state index in [-0.39, 0.29) is 19.1 Å². The van der Waals surface area contributed by atoms with Crippen molar-refractivity contribution < 1.29 is 23.4 Å². The average Bonchev–Trinajstić information content (AvgIpc) is 3.26. The molecule has 3 aromatic rings. The Morgan fingerprint density at radius 1 is 1.04 bits per heavy atom. The minimum atomic E-state index is -0.246. The van der Waals surface area contributed by atoms with Crippen LogP contribution in [-0.2, 0) is 4.79 Å². The second-order valence-corrected chi connectivity index (χ2v) is 5.63. The third kappa shape index (κ3) is 5.73. The zero-order valence-electron chi connectivity index (χ0n) is 15.5. The van der Waals surface area contributed by atoms with Gasteiger partial charge in [0.25, 0.3) is 5.91 Å². The summed E-state index contributed by atoms with van der Waals surface area (Å²) in [7, 11) is 0. The van der Waals surface area contributed by atoms with E-state index in [0.717, 1.165) is 0 Å². The van der Waals surface area contributed by atoms with Gasteiger partial charge >= 0.3 is 0 Å². The highest BCUT2D eigenvalue weighted by Gasteiger charge is 2.06. The lowest BCUT2D eigenvalue weighted by molar-refractivity contribution is -0.123. The Balaban J connectivity index is 1.34. The molecule has 0 aliphatic carbocycles. The Hall–Kier alpha value is -3.55. The molecule has 1 amide bonds. The zero-order valence-corrected chi connectivity index (χ0v) is 15.5. The maximum Gasteiger partial charge on any atom is 0.258 e. The van der Waals surface area contributed by atoms with Crippen molar-refractivity contribution in [3.05, 3.63) is 54.8 Å². The molecular weight excluding hydrogens is 362 g/mol. The second kappa shape index (κ2) is 9.96. The molecule has 8 heteroatoms. The molecule has 0 fully saturated rings. The molecule has 0 aliphatic heterocycles. The Kier molecular flexibility index (Phi) is 6.84. The number of nitrogens with zero attached hydrogens (tertiary/aromatic N) is 2. The van der Waals surface area contributed by atoms with Crippen LogP contribution in [0.1, 0.15) is 6.92 Å². The summed E-state index contributed by atoms with van der Waals surface area (Å²) in [5.74, 6) is 2.04. The highest BCUT2D eigenvalue weighted by atomic mass is 16.5. The van der Waals surface area contributed by atoms with Crippen molar-refractivity contribution in [2.45, 2.75) is 6.92 Å². The Morgan fingerprint density at radius 3 is 2.61 bits per heavy atom. The summed E-state index contributed by atoms with van der Waals surface area (Å²) in [5.41, 5.74) is 0.621. The first-order valence-corrected chi connectivity index (χ1v) is 8.87. The quantitative estimate of drug-likeness (QED) is 0.538. The van der Waals surface area contributed by atoms with E-state index >= 15 is 0 Å². The first-order chi connectivity index (χ1) is 13.7. The summed E-state index contributed by atoms with van der Waals surface area (Å²) >= 11 is 0. The SMILES string of the molecule is CCOc1cccc(OCC(=O)NCCOc2ccc(-c3ccco3)nn2)c1. The van der Waals surface area contributed by atoms with Gasteiger partial charge in [-0.15, -0.1) is 10.2 Å². The molecule has 0 saturated carbocycles. The van der Waals surface area contributed by atoms with Crippen molar-refractivity contribution >= 4 is 5.91 Å². The van der Waals surface area contributed by atoms with Gasteiger partial charge in [0.15, 0.2) is 12.4 Å². The summed E-state index contributed by atoms with van der Waals surface area (Å²) < 4.78 is 21.6. The fraction of sp³-hybridized carbons (Fsp3) is 0.250. The fourth-order valence-electron chi connectivity index (χ4n) is 2.32. The maximum atomic E-state index is 11.9. The van der Waals surface area contributed by atoms with Crippen LogP contribution in [0.3, 0.4) is 0 Å². The molecule has 8 nitrogen and oxygen atoms in total. The predicted molar refractivity (Wildman–Crippen MR) is 101 cm³/mol. The normalized spacial score (nSPS) is 10.3. The molecule has 0 spiro atoms. The van der Waals surface area contributed by atoms with Crippen LogP contribution in [0.4, 0.5) is 0 Å². The maximum absolute atomic E-state index is 11.9. The second-order valence-electron chi connectivity index (χ2n) is 5.63. The highest BCUT2D eigenvalue weighted by Crippen LogP contribution is 2.19. The molecule has 1 N–H and O–H groups in total. The molecule has 2 heterocycles. The van der Waals surface area contributed by atoms with Crippen LogP contribution < -0.4 is 19.5 Å². The largest absolute Gasteiger partial charge is 0.494 e. The van der Waals surface area contributed by atoms with Gasteiger partial charge in [-0.25, -0.2) is 0 Å². The number of amides is 1. The molecule has 3 rings (SSSR count). The molecule has 0 bridgehead atoms. The number of rotatable bonds is 10. The van der Waals surface area contributed by atoms with Crippen molar-refractivity contribution in [1.82, 2.24) is 15.5 Å². The van der Waals surface area contributed by atoms with Gasteiger partial charge in [0, 0.05) is 12.1 Å². The van der Waals surface area contributed by atoms with Crippen molar-refractivity contribution in [3.63, 3.8) is 0 Å². The molecule has 1 aromatic carbocycles. The third-order valence-electron chi connectivity index (χ3n) is 3.57. The molecule has 28 heavy (non-hydrogen) atoms. The standard InChI is InChI=1S/C20H21N3O5/c1-2-25-15-5-3-6-16(13-15)28-14-19(24)21-10-12-27-20-9-8-17(22-23-20)18-7-4-11-26-18/h3-9,11,13H,2,10,12,14H2,1H3,(H,21,24). The summed E-state index contributed by atoms with van der Waals surface area (Å²) in [6.45, 7) is 2.97. The van der Waals surface area contributed by atoms with E-state index in [9.17, 15) is 4.79 Å². The molecule has 0 unspecified atom stereocenters. The van der Waals surface area contributed by atoms with Crippen LogP contribution in [0.15, 0.2) is 59.2 Å². The number of benzene rings is 1. The minimum absolute atomic E-state index is 0.0901. The van der Waals surface area contributed by atoms with Crippen LogP contribution in [0.25, 0.3) is 11.5 Å². The number of carbonyl (C=O) groups is 1. The number of carbonyl (C=O) groups excluding carboxylic acids is 1. The minimum Gasteiger partial charge on any atom is -0.494 e. The van der Waals surface area contributed by atoms with Crippen LogP contribution in [-0.4, -0.2) is 42.5 Å². The summed E-state index contributed by atoms with van der Waals surface area (Å²) in [6, 6.07) is 14.2. The molecule has 146 valence electrons. The topological polar surface area (TPSA) is 95.7 Å². The van der Waals surface area contributed by atoms with Gasteiger partial charge < -0.3 is 23.9 Å². The van der Waals surface area contributed by atoms with Crippen molar-refractivity contribution in [1.29, 1.82) is 0 Å². The first-order valence-electron chi connectivity index (χ1n) is 8.87. The van der Waals surface area contributed by atoms with Crippen molar-refractivity contribution in [3.8, 4) is 28.8 Å². The van der Waals surface area contributed by atoms with Crippen molar-refractivity contribution in [2.24, 2.45) is 0 Å². The van der Waals surface area contributed by atoms with Gasteiger partial charge in [0.2, 0.25) is 5.88 Å². The number of hydrogen-bond acceptors (Lipinski definition) is 7. The number of nitrogens with one attached hydrogen (secondary N) is 1. The van der Waals surface area contributed by atoms with Gasteiger partial charge in [-0.1, -0.05) is 6.07 Å². The molecule has 0 atom stereocenters. The van der Waals surface area contributed by atoms with Crippen LogP contribution >= 0.6 is 0 Å². The van der Waals surface area contributed by atoms with E-state index in [0.29, 0.717) is 42.0 Å². The van der Waals surface area contributed by atoms with Gasteiger partial charge in [-0.05, 0) is 37.3 Å². The third-order valence-corrected chi connectivity index (χ3v) is 3.57. The van der Waals surface area contributed by atoms with Gasteiger partial charge in [-0.2, -0.15) is 0 Å². The number of furan rings is 1. The lowest BCUT2D eigenvalue weighted by Crippen LogP contribution is -2.32. The first kappa shape index (κ1) is 19.2. The lowest BCUT2D eigenvalue weighted by atomic mass is 10.3. The monoisotopic (exact) mass is 383 g/mol. The van der Waals surface area contributed by atoms with Crippen LogP contribution in [0.2, 0.25) is 0 Å². The summed E-state index contributed by atoms with van der Waals surface area (Å²) in [4.78, 5) is 11.9. The summed E-state index contributed by atoms with van der Waals surface area (Å²) in [6.07, 6.45) is 1.57. The Labute approximate surface area is 162 Å². The molecule has 0 radical (unpaired) electrons. The number of hydrogen-bond donors (Lipinski definition) is 1. The highest BCUT2D eigenvalue weighted by molar-refractivity contribution is 5.77. The number of ether oxygens (including phenoxy) is 3. The molecule has 0 aliphatic rings. The lowest BCUT2D eigenvalue weighted by Gasteiger charge is -2.09. The molecular formula is C20H21N3O5. The smallest absolute Gasteiger partial charge is 0.258 e. The molecule has 0 saturated heterocycles. The van der Waals surface area contributed by atoms with E-state index in [4.69, 9.17) is 18.6 Å². The summed E-state index contributed by atoms with van der Waals surface area (Å²) in [5, 5.41) is 10.7. The number of aromatic nitrogens is 2. The predicted octanol–water partition coefficient (Wildman–Crippen LogP) is 2.71. The van der Waals surface area contributed by atoms with Gasteiger partial charge in [0.05, 0.1) is 19.4 Å². The Bertz CT molecular complexity index is 866. The van der Waals surface area contributed by atoms with E-state index in [1.54, 1.807) is 42.7 Å². The average molecular weight is 383 g/mol. The van der Waals surface area contributed by atoms with Crippen LogP contribution in [0, 0.1) is 0 Å².